The smallest absolute Gasteiger partial charge is 0.223 e. The summed E-state index contributed by atoms with van der Waals surface area (Å²) in [4.78, 5) is 11.0. The van der Waals surface area contributed by atoms with E-state index < -0.39 is 0 Å². The molecule has 0 saturated carbocycles. The summed E-state index contributed by atoms with van der Waals surface area (Å²) in [5.41, 5.74) is 6.56. The lowest BCUT2D eigenvalue weighted by molar-refractivity contribution is -0.121. The maximum atomic E-state index is 11.0. The molecule has 0 fully saturated rings. The predicted octanol–water partition coefficient (Wildman–Crippen LogP) is 2.19. The number of nitrogens with one attached hydrogen (secondary N) is 1. The van der Waals surface area contributed by atoms with Crippen LogP contribution >= 0.6 is 31.9 Å². The Balaban J connectivity index is 2.68. The zero-order chi connectivity index (χ0) is 12.8. The molecule has 1 amide bonds. The Morgan fingerprint density at radius 3 is 2.47 bits per heavy atom. The van der Waals surface area contributed by atoms with Gasteiger partial charge in [-0.1, -0.05) is 0 Å². The largest absolute Gasteiger partial charge is 0.491 e. The Bertz CT molecular complexity index is 387. The van der Waals surface area contributed by atoms with E-state index in [1.54, 1.807) is 7.05 Å². The van der Waals surface area contributed by atoms with E-state index in [0.29, 0.717) is 25.3 Å². The molecular weight excluding hydrogens is 352 g/mol. The summed E-state index contributed by atoms with van der Waals surface area (Å²) in [6.07, 6.45) is 0.327. The summed E-state index contributed by atoms with van der Waals surface area (Å²) < 4.78 is 7.19. The van der Waals surface area contributed by atoms with Gasteiger partial charge in [0, 0.05) is 13.6 Å². The summed E-state index contributed by atoms with van der Waals surface area (Å²) in [6.45, 7) is 0.800. The van der Waals surface area contributed by atoms with E-state index in [-0.39, 0.29) is 5.91 Å². The summed E-state index contributed by atoms with van der Waals surface area (Å²) in [7, 11) is 1.60. The molecule has 0 aliphatic rings. The van der Waals surface area contributed by atoms with Crippen LogP contribution in [0.4, 0.5) is 0 Å². The monoisotopic (exact) mass is 364 g/mol. The fourth-order valence-electron chi connectivity index (χ4n) is 1.24. The van der Waals surface area contributed by atoms with Gasteiger partial charge < -0.3 is 15.8 Å². The number of ether oxygens (including phenoxy) is 1. The van der Waals surface area contributed by atoms with Crippen LogP contribution in [-0.4, -0.2) is 19.6 Å². The molecule has 0 aliphatic heterocycles. The summed E-state index contributed by atoms with van der Waals surface area (Å²) in [5.74, 6) is 0.641. The van der Waals surface area contributed by atoms with Gasteiger partial charge in [-0.15, -0.1) is 0 Å². The molecule has 1 aromatic rings. The van der Waals surface area contributed by atoms with Crippen LogP contribution in [0.25, 0.3) is 0 Å². The van der Waals surface area contributed by atoms with Crippen molar-refractivity contribution in [2.24, 2.45) is 5.73 Å². The van der Waals surface area contributed by atoms with Gasteiger partial charge in [-0.25, -0.2) is 0 Å². The molecule has 0 aliphatic carbocycles. The van der Waals surface area contributed by atoms with Crippen LogP contribution in [0.15, 0.2) is 21.1 Å². The normalized spacial score (nSPS) is 10.1. The molecule has 0 heterocycles. The van der Waals surface area contributed by atoms with Crippen molar-refractivity contribution >= 4 is 37.8 Å². The van der Waals surface area contributed by atoms with Crippen LogP contribution in [0.3, 0.4) is 0 Å². The molecule has 0 saturated heterocycles. The van der Waals surface area contributed by atoms with Gasteiger partial charge in [0.15, 0.2) is 0 Å². The average molecular weight is 366 g/mol. The molecule has 94 valence electrons. The van der Waals surface area contributed by atoms with Crippen LogP contribution in [0, 0.1) is 0 Å². The van der Waals surface area contributed by atoms with E-state index in [4.69, 9.17) is 10.5 Å². The quantitative estimate of drug-likeness (QED) is 0.840. The van der Waals surface area contributed by atoms with E-state index >= 15 is 0 Å². The van der Waals surface area contributed by atoms with E-state index in [1.807, 2.05) is 12.1 Å². The Labute approximate surface area is 117 Å². The number of amides is 1. The van der Waals surface area contributed by atoms with Crippen molar-refractivity contribution < 1.29 is 9.53 Å². The van der Waals surface area contributed by atoms with Crippen molar-refractivity contribution in [3.8, 4) is 5.75 Å². The first-order chi connectivity index (χ1) is 8.08. The van der Waals surface area contributed by atoms with Gasteiger partial charge in [-0.2, -0.15) is 0 Å². The van der Waals surface area contributed by atoms with Crippen molar-refractivity contribution in [3.63, 3.8) is 0 Å². The predicted molar refractivity (Wildman–Crippen MR) is 73.9 cm³/mol. The lowest BCUT2D eigenvalue weighted by atomic mass is 10.2. The molecule has 1 aromatic carbocycles. The number of rotatable bonds is 5. The van der Waals surface area contributed by atoms with Crippen LogP contribution in [-0.2, 0) is 11.3 Å². The molecule has 4 nitrogen and oxygen atoms in total. The minimum atomic E-state index is -0.0455. The average Bonchev–Trinajstić information content (AvgIpc) is 2.31. The minimum absolute atomic E-state index is 0.0455. The van der Waals surface area contributed by atoms with E-state index in [1.165, 1.54) is 0 Å². The summed E-state index contributed by atoms with van der Waals surface area (Å²) in [5, 5.41) is 2.54. The lowest BCUT2D eigenvalue weighted by Gasteiger charge is -2.11. The van der Waals surface area contributed by atoms with E-state index in [9.17, 15) is 4.79 Å². The highest BCUT2D eigenvalue weighted by Gasteiger charge is 2.09. The third kappa shape index (κ3) is 4.29. The maximum Gasteiger partial charge on any atom is 0.223 e. The Hall–Kier alpha value is -0.590. The highest BCUT2D eigenvalue weighted by Crippen LogP contribution is 2.34. The SMILES string of the molecule is CNC(=O)CCOc1c(Br)cc(CN)cc1Br. The maximum absolute atomic E-state index is 11.0. The van der Waals surface area contributed by atoms with Gasteiger partial charge in [0.05, 0.1) is 22.0 Å². The van der Waals surface area contributed by atoms with E-state index in [0.717, 1.165) is 14.5 Å². The lowest BCUT2D eigenvalue weighted by Crippen LogP contribution is -2.20. The number of hydrogen-bond donors (Lipinski definition) is 2. The van der Waals surface area contributed by atoms with Crippen LogP contribution in [0.5, 0.6) is 5.75 Å². The first-order valence-electron chi connectivity index (χ1n) is 5.09. The van der Waals surface area contributed by atoms with E-state index in [2.05, 4.69) is 37.2 Å². The standard InChI is InChI=1S/C11H14Br2N2O2/c1-15-10(16)2-3-17-11-8(12)4-7(6-14)5-9(11)13/h4-5H,2-3,6,14H2,1H3,(H,15,16). The Morgan fingerprint density at radius 2 is 2.00 bits per heavy atom. The molecule has 0 atom stereocenters. The molecule has 0 radical (unpaired) electrons. The number of hydrogen-bond acceptors (Lipinski definition) is 3. The summed E-state index contributed by atoms with van der Waals surface area (Å²) in [6, 6.07) is 3.81. The minimum Gasteiger partial charge on any atom is -0.491 e. The van der Waals surface area contributed by atoms with Crippen molar-refractivity contribution in [1.82, 2.24) is 5.32 Å². The molecule has 0 spiro atoms. The number of carbonyl (C=O) groups excluding carboxylic acids is 1. The van der Waals surface area contributed by atoms with Crippen LogP contribution in [0.2, 0.25) is 0 Å². The highest BCUT2D eigenvalue weighted by molar-refractivity contribution is 9.11. The van der Waals surface area contributed by atoms with Crippen molar-refractivity contribution in [1.29, 1.82) is 0 Å². The van der Waals surface area contributed by atoms with Crippen LogP contribution < -0.4 is 15.8 Å². The van der Waals surface area contributed by atoms with Gasteiger partial charge in [-0.3, -0.25) is 4.79 Å². The van der Waals surface area contributed by atoms with Gasteiger partial charge in [0.25, 0.3) is 0 Å². The van der Waals surface area contributed by atoms with Gasteiger partial charge in [-0.05, 0) is 49.6 Å². The second kappa shape index (κ2) is 6.98. The molecule has 17 heavy (non-hydrogen) atoms. The Kier molecular flexibility index (Phi) is 5.94. The van der Waals surface area contributed by atoms with Gasteiger partial charge >= 0.3 is 0 Å². The first kappa shape index (κ1) is 14.5. The third-order valence-electron chi connectivity index (χ3n) is 2.15. The number of carbonyl (C=O) groups is 1. The Morgan fingerprint density at radius 1 is 1.41 bits per heavy atom. The third-order valence-corrected chi connectivity index (χ3v) is 3.33. The zero-order valence-electron chi connectivity index (χ0n) is 9.43. The first-order valence-corrected chi connectivity index (χ1v) is 6.68. The van der Waals surface area contributed by atoms with Crippen molar-refractivity contribution in [2.75, 3.05) is 13.7 Å². The highest BCUT2D eigenvalue weighted by atomic mass is 79.9. The van der Waals surface area contributed by atoms with Crippen molar-refractivity contribution in [3.05, 3.63) is 26.6 Å². The molecular formula is C11H14Br2N2O2. The number of nitrogens with two attached hydrogens (primary N) is 1. The van der Waals surface area contributed by atoms with Crippen molar-refractivity contribution in [2.45, 2.75) is 13.0 Å². The number of benzene rings is 1. The van der Waals surface area contributed by atoms with Gasteiger partial charge in [0.1, 0.15) is 5.75 Å². The molecule has 0 unspecified atom stereocenters. The van der Waals surface area contributed by atoms with Crippen LogP contribution in [0.1, 0.15) is 12.0 Å². The second-order valence-electron chi connectivity index (χ2n) is 3.36. The topological polar surface area (TPSA) is 64.3 Å². The molecule has 0 aromatic heterocycles. The van der Waals surface area contributed by atoms with Gasteiger partial charge in [0.2, 0.25) is 5.91 Å². The molecule has 0 bridgehead atoms. The molecule has 6 heteroatoms. The number of halogens is 2. The summed E-state index contributed by atoms with van der Waals surface area (Å²) >= 11 is 6.82. The zero-order valence-corrected chi connectivity index (χ0v) is 12.6. The second-order valence-corrected chi connectivity index (χ2v) is 5.07. The molecule has 3 N–H and O–H groups in total. The fourth-order valence-corrected chi connectivity index (χ4v) is 2.75. The fraction of sp³-hybridized carbons (Fsp3) is 0.364. The molecule has 1 rings (SSSR count).